The predicted octanol–water partition coefficient (Wildman–Crippen LogP) is 2.93. The first-order valence-corrected chi connectivity index (χ1v) is 8.80. The lowest BCUT2D eigenvalue weighted by Crippen LogP contribution is -2.30. The molecule has 0 atom stereocenters. The third kappa shape index (κ3) is 3.41. The highest BCUT2D eigenvalue weighted by Gasteiger charge is 2.25. The Balaban J connectivity index is 2.50. The molecule has 7 heteroatoms. The number of sulfonamides is 1. The third-order valence-electron chi connectivity index (χ3n) is 3.57. The number of nitrogens with zero attached hydrogens (tertiary/aromatic N) is 1. The summed E-state index contributed by atoms with van der Waals surface area (Å²) in [6.45, 7) is 2.06. The van der Waals surface area contributed by atoms with Gasteiger partial charge in [-0.3, -0.25) is 4.31 Å². The molecule has 0 saturated carbocycles. The van der Waals surface area contributed by atoms with Crippen LogP contribution < -0.4 is 18.5 Å². The summed E-state index contributed by atoms with van der Waals surface area (Å²) in [6, 6.07) is 11.5. The minimum absolute atomic E-state index is 0.129. The van der Waals surface area contributed by atoms with Gasteiger partial charge in [0.1, 0.15) is 5.75 Å². The fourth-order valence-electron chi connectivity index (χ4n) is 2.36. The average molecular weight is 351 g/mol. The van der Waals surface area contributed by atoms with Crippen molar-refractivity contribution in [2.45, 2.75) is 11.8 Å². The number of rotatable bonds is 7. The van der Waals surface area contributed by atoms with Crippen molar-refractivity contribution >= 4 is 15.7 Å². The highest BCUT2D eigenvalue weighted by atomic mass is 32.2. The lowest BCUT2D eigenvalue weighted by Gasteiger charge is -2.23. The summed E-state index contributed by atoms with van der Waals surface area (Å²) in [6.07, 6.45) is 0. The quantitative estimate of drug-likeness (QED) is 0.767. The zero-order valence-electron chi connectivity index (χ0n) is 14.1. The summed E-state index contributed by atoms with van der Waals surface area (Å²) < 4.78 is 42.9. The Kier molecular flexibility index (Phi) is 5.56. The number of ether oxygens (including phenoxy) is 3. The van der Waals surface area contributed by atoms with E-state index in [1.807, 2.05) is 0 Å². The van der Waals surface area contributed by atoms with Crippen LogP contribution in [0.5, 0.6) is 17.2 Å². The molecule has 6 nitrogen and oxygen atoms in total. The van der Waals surface area contributed by atoms with Gasteiger partial charge in [-0.05, 0) is 31.2 Å². The van der Waals surface area contributed by atoms with Crippen LogP contribution in [0.1, 0.15) is 6.92 Å². The number of methoxy groups -OCH3 is 3. The van der Waals surface area contributed by atoms with Gasteiger partial charge in [0.2, 0.25) is 0 Å². The average Bonchev–Trinajstić information content (AvgIpc) is 2.61. The van der Waals surface area contributed by atoms with Crippen LogP contribution in [0.2, 0.25) is 0 Å². The highest BCUT2D eigenvalue weighted by Crippen LogP contribution is 2.32. The molecular weight excluding hydrogens is 330 g/mol. The van der Waals surface area contributed by atoms with Gasteiger partial charge >= 0.3 is 0 Å². The lowest BCUT2D eigenvalue weighted by molar-refractivity contribution is 0.354. The van der Waals surface area contributed by atoms with Gasteiger partial charge < -0.3 is 14.2 Å². The van der Waals surface area contributed by atoms with Crippen LogP contribution in [-0.4, -0.2) is 36.3 Å². The maximum Gasteiger partial charge on any atom is 0.264 e. The Morgan fingerprint density at radius 2 is 1.62 bits per heavy atom. The van der Waals surface area contributed by atoms with Crippen molar-refractivity contribution in [2.24, 2.45) is 0 Å². The maximum absolute atomic E-state index is 13.0. The molecule has 130 valence electrons. The topological polar surface area (TPSA) is 65.1 Å². The molecule has 0 bridgehead atoms. The van der Waals surface area contributed by atoms with Crippen LogP contribution >= 0.6 is 0 Å². The molecule has 0 heterocycles. The zero-order chi connectivity index (χ0) is 17.7. The monoisotopic (exact) mass is 351 g/mol. The van der Waals surface area contributed by atoms with Gasteiger partial charge in [-0.15, -0.1) is 0 Å². The van der Waals surface area contributed by atoms with Crippen LogP contribution in [0.25, 0.3) is 0 Å². The van der Waals surface area contributed by atoms with Crippen molar-refractivity contribution in [2.75, 3.05) is 32.2 Å². The van der Waals surface area contributed by atoms with E-state index in [0.29, 0.717) is 22.9 Å². The molecule has 24 heavy (non-hydrogen) atoms. The van der Waals surface area contributed by atoms with Crippen molar-refractivity contribution in [3.63, 3.8) is 0 Å². The molecule has 0 aromatic heterocycles. The van der Waals surface area contributed by atoms with Crippen LogP contribution in [0.15, 0.2) is 47.4 Å². The van der Waals surface area contributed by atoms with E-state index in [9.17, 15) is 8.42 Å². The van der Waals surface area contributed by atoms with Gasteiger partial charge in [-0.1, -0.05) is 6.07 Å². The summed E-state index contributed by atoms with van der Waals surface area (Å²) in [5.74, 6) is 1.43. The fourth-order valence-corrected chi connectivity index (χ4v) is 3.84. The Bertz CT molecular complexity index is 804. The number of hydrogen-bond acceptors (Lipinski definition) is 5. The summed E-state index contributed by atoms with van der Waals surface area (Å²) in [5.41, 5.74) is 0.534. The Hall–Kier alpha value is -2.41. The van der Waals surface area contributed by atoms with E-state index in [4.69, 9.17) is 14.2 Å². The number of hydrogen-bond donors (Lipinski definition) is 0. The first kappa shape index (κ1) is 17.9. The van der Waals surface area contributed by atoms with E-state index in [1.165, 1.54) is 37.8 Å². The summed E-state index contributed by atoms with van der Waals surface area (Å²) in [7, 11) is 0.762. The Morgan fingerprint density at radius 3 is 2.21 bits per heavy atom. The molecule has 0 fully saturated rings. The number of benzene rings is 2. The molecule has 2 rings (SSSR count). The van der Waals surface area contributed by atoms with E-state index in [-0.39, 0.29) is 11.4 Å². The van der Waals surface area contributed by atoms with Crippen LogP contribution in [-0.2, 0) is 10.0 Å². The normalized spacial score (nSPS) is 11.0. The minimum atomic E-state index is -3.74. The van der Waals surface area contributed by atoms with E-state index >= 15 is 0 Å². The van der Waals surface area contributed by atoms with Crippen LogP contribution in [0.4, 0.5) is 5.69 Å². The second-order valence-electron chi connectivity index (χ2n) is 4.89. The molecule has 0 N–H and O–H groups in total. The first-order chi connectivity index (χ1) is 11.5. The molecule has 0 unspecified atom stereocenters. The molecule has 0 aliphatic carbocycles. The lowest BCUT2D eigenvalue weighted by atomic mass is 10.3. The van der Waals surface area contributed by atoms with Crippen LogP contribution in [0.3, 0.4) is 0 Å². The van der Waals surface area contributed by atoms with Crippen molar-refractivity contribution in [1.29, 1.82) is 0 Å². The molecular formula is C17H21NO5S. The molecule has 2 aromatic carbocycles. The smallest absolute Gasteiger partial charge is 0.264 e. The molecule has 2 aromatic rings. The van der Waals surface area contributed by atoms with Crippen molar-refractivity contribution in [1.82, 2.24) is 0 Å². The van der Waals surface area contributed by atoms with E-state index < -0.39 is 10.0 Å². The number of anilines is 1. The second-order valence-corrected chi connectivity index (χ2v) is 6.75. The van der Waals surface area contributed by atoms with Crippen molar-refractivity contribution < 1.29 is 22.6 Å². The molecule has 0 aliphatic rings. The van der Waals surface area contributed by atoms with Crippen molar-refractivity contribution in [3.8, 4) is 17.2 Å². The zero-order valence-corrected chi connectivity index (χ0v) is 15.0. The minimum Gasteiger partial charge on any atom is -0.497 e. The molecule has 0 saturated heterocycles. The molecule has 0 amide bonds. The predicted molar refractivity (Wildman–Crippen MR) is 92.7 cm³/mol. The van der Waals surface area contributed by atoms with Crippen LogP contribution in [0, 0.1) is 0 Å². The van der Waals surface area contributed by atoms with Gasteiger partial charge in [0.15, 0.2) is 11.5 Å². The van der Waals surface area contributed by atoms with E-state index in [0.717, 1.165) is 0 Å². The third-order valence-corrected chi connectivity index (χ3v) is 5.47. The molecule has 0 aliphatic heterocycles. The van der Waals surface area contributed by atoms with Crippen molar-refractivity contribution in [3.05, 3.63) is 42.5 Å². The Labute approximate surface area is 142 Å². The van der Waals surface area contributed by atoms with Gasteiger partial charge in [-0.25, -0.2) is 8.42 Å². The fraction of sp³-hybridized carbons (Fsp3) is 0.294. The van der Waals surface area contributed by atoms with E-state index in [2.05, 4.69) is 0 Å². The molecule has 0 radical (unpaired) electrons. The first-order valence-electron chi connectivity index (χ1n) is 7.36. The Morgan fingerprint density at radius 1 is 0.917 bits per heavy atom. The van der Waals surface area contributed by atoms with Gasteiger partial charge in [0.25, 0.3) is 10.0 Å². The SMILES string of the molecule is CCN(c1cccc(OC)c1)S(=O)(=O)c1ccc(OC)c(OC)c1. The maximum atomic E-state index is 13.0. The van der Waals surface area contributed by atoms with Gasteiger partial charge in [0, 0.05) is 18.7 Å². The summed E-state index contributed by atoms with van der Waals surface area (Å²) >= 11 is 0. The summed E-state index contributed by atoms with van der Waals surface area (Å²) in [4.78, 5) is 0.129. The highest BCUT2D eigenvalue weighted by molar-refractivity contribution is 7.92. The summed E-state index contributed by atoms with van der Waals surface area (Å²) in [5, 5.41) is 0. The standard InChI is InChI=1S/C17H21NO5S/c1-5-18(13-7-6-8-14(11-13)21-2)24(19,20)15-9-10-16(22-3)17(12-15)23-4/h6-12H,5H2,1-4H3. The van der Waals surface area contributed by atoms with E-state index in [1.54, 1.807) is 37.3 Å². The molecule has 0 spiro atoms. The largest absolute Gasteiger partial charge is 0.497 e. The second kappa shape index (κ2) is 7.44. The van der Waals surface area contributed by atoms with Gasteiger partial charge in [-0.2, -0.15) is 0 Å². The van der Waals surface area contributed by atoms with Gasteiger partial charge in [0.05, 0.1) is 31.9 Å².